The number of nitrogens with one attached hydrogen (secondary N) is 2. The van der Waals surface area contributed by atoms with Gasteiger partial charge in [0, 0.05) is 21.3 Å². The lowest BCUT2D eigenvalue weighted by molar-refractivity contribution is 0.122. The Kier molecular flexibility index (Phi) is 13.5. The molecule has 0 aliphatic heterocycles. The van der Waals surface area contributed by atoms with Crippen molar-refractivity contribution in [2.45, 2.75) is 58.9 Å². The van der Waals surface area contributed by atoms with Gasteiger partial charge < -0.3 is 36.3 Å². The summed E-state index contributed by atoms with van der Waals surface area (Å²) in [4.78, 5) is 25.0. The van der Waals surface area contributed by atoms with E-state index in [9.17, 15) is 9.59 Å². The van der Waals surface area contributed by atoms with Gasteiger partial charge in [-0.2, -0.15) is 9.36 Å². The summed E-state index contributed by atoms with van der Waals surface area (Å²) in [5.41, 5.74) is 2.60. The first-order valence-electron chi connectivity index (χ1n) is 15.7. The van der Waals surface area contributed by atoms with E-state index in [1.54, 1.807) is 12.1 Å². The molecule has 0 aliphatic rings. The minimum atomic E-state index is -3.15. The molecular formula is C28H50N8O8Si5. The molecule has 0 unspecified atom stereocenters. The van der Waals surface area contributed by atoms with E-state index in [4.69, 9.17) is 25.6 Å². The smallest absolute Gasteiger partial charge is 0.416 e. The summed E-state index contributed by atoms with van der Waals surface area (Å²) >= 11 is 0. The molecule has 270 valence electrons. The normalized spacial score (nSPS) is 12.9. The van der Waals surface area contributed by atoms with Crippen LogP contribution in [0.4, 0.5) is 9.59 Å². The highest BCUT2D eigenvalue weighted by Crippen LogP contribution is 2.25. The van der Waals surface area contributed by atoms with Gasteiger partial charge in [-0.1, -0.05) is 34.7 Å². The van der Waals surface area contributed by atoms with Gasteiger partial charge in [0.1, 0.15) is 11.0 Å². The molecule has 0 spiro atoms. The minimum absolute atomic E-state index is 0.142. The quantitative estimate of drug-likeness (QED) is 0.184. The molecule has 0 atom stereocenters. The van der Waals surface area contributed by atoms with Crippen molar-refractivity contribution in [2.24, 2.45) is 0 Å². The molecule has 0 aliphatic carbocycles. The fourth-order valence-electron chi connectivity index (χ4n) is 4.59. The van der Waals surface area contributed by atoms with E-state index in [1.165, 1.54) is 30.7 Å². The van der Waals surface area contributed by atoms with E-state index < -0.39 is 48.6 Å². The van der Waals surface area contributed by atoms with Gasteiger partial charge in [0.15, 0.2) is 25.0 Å². The van der Waals surface area contributed by atoms with Gasteiger partial charge in [0.2, 0.25) is 0 Å². The van der Waals surface area contributed by atoms with Crippen LogP contribution in [0.2, 0.25) is 58.9 Å². The monoisotopic (exact) mass is 766 g/mol. The number of benzene rings is 2. The molecule has 0 saturated carbocycles. The second-order valence-corrected chi connectivity index (χ2v) is 33.7. The van der Waals surface area contributed by atoms with Crippen LogP contribution in [0.25, 0.3) is 22.1 Å². The Morgan fingerprint density at radius 2 is 0.898 bits per heavy atom. The Labute approximate surface area is 292 Å². The number of carbonyl (C=O) groups is 2. The number of hydrogen-bond acceptors (Lipinski definition) is 12. The molecule has 2 heterocycles. The Morgan fingerprint density at radius 3 is 1.22 bits per heavy atom. The average Bonchev–Trinajstić information content (AvgIpc) is 3.63. The SMILES string of the molecule is CO[Si](CNC(=O)n1nnc2ccccc21)(OC)OC.C[Si](C)(C)O[Si](CNC(=O)n1nnc2ccccc21)(O[Si](C)(C)C)O[Si](C)(C)C. The van der Waals surface area contributed by atoms with Gasteiger partial charge in [-0.15, -0.1) is 10.2 Å². The fourth-order valence-corrected chi connectivity index (χ4v) is 19.9. The molecule has 16 nitrogen and oxygen atoms in total. The van der Waals surface area contributed by atoms with Crippen LogP contribution < -0.4 is 10.6 Å². The maximum atomic E-state index is 12.9. The second-order valence-electron chi connectivity index (χ2n) is 13.9. The van der Waals surface area contributed by atoms with Gasteiger partial charge in [-0.3, -0.25) is 0 Å². The van der Waals surface area contributed by atoms with Crippen LogP contribution >= 0.6 is 0 Å². The third-order valence-electron chi connectivity index (χ3n) is 6.32. The summed E-state index contributed by atoms with van der Waals surface area (Å²) in [6.45, 7) is 19.0. The Balaban J connectivity index is 0.000000284. The second kappa shape index (κ2) is 16.4. The number of carbonyl (C=O) groups excluding carboxylic acids is 2. The van der Waals surface area contributed by atoms with E-state index >= 15 is 0 Å². The minimum Gasteiger partial charge on any atom is -0.416 e. The van der Waals surface area contributed by atoms with Crippen molar-refractivity contribution >= 4 is 76.7 Å². The molecular weight excluding hydrogens is 717 g/mol. The van der Waals surface area contributed by atoms with Crippen molar-refractivity contribution in [3.05, 3.63) is 48.5 Å². The molecule has 4 aromatic rings. The lowest BCUT2D eigenvalue weighted by Crippen LogP contribution is -2.65. The Bertz CT molecular complexity index is 1650. The first-order valence-corrected chi connectivity index (χ1v) is 29.8. The summed E-state index contributed by atoms with van der Waals surface area (Å²) in [6.07, 6.45) is 0.350. The molecule has 0 saturated heterocycles. The average molecular weight is 767 g/mol. The number of rotatable bonds is 13. The van der Waals surface area contributed by atoms with E-state index in [0.29, 0.717) is 22.1 Å². The summed E-state index contributed by atoms with van der Waals surface area (Å²) in [5.74, 6) is 0. The molecule has 0 fully saturated rings. The van der Waals surface area contributed by atoms with E-state index in [-0.39, 0.29) is 18.4 Å². The van der Waals surface area contributed by atoms with Crippen LogP contribution in [0.5, 0.6) is 0 Å². The van der Waals surface area contributed by atoms with Gasteiger partial charge in [0.25, 0.3) is 0 Å². The van der Waals surface area contributed by atoms with Crippen molar-refractivity contribution in [1.82, 2.24) is 40.6 Å². The number of fused-ring (bicyclic) bond motifs is 2. The molecule has 0 bridgehead atoms. The van der Waals surface area contributed by atoms with Crippen LogP contribution in [0, 0.1) is 0 Å². The highest BCUT2D eigenvalue weighted by atomic mass is 28.5. The predicted molar refractivity (Wildman–Crippen MR) is 198 cm³/mol. The fraction of sp³-hybridized carbons (Fsp3) is 0.500. The van der Waals surface area contributed by atoms with Crippen molar-refractivity contribution in [2.75, 3.05) is 33.7 Å². The van der Waals surface area contributed by atoms with Crippen molar-refractivity contribution in [1.29, 1.82) is 0 Å². The lowest BCUT2D eigenvalue weighted by Gasteiger charge is -2.42. The third kappa shape index (κ3) is 11.8. The standard InChI is InChI=1S/C17H34N4O4Si4.C11H16N4O4Si/c1-26(2,3)23-29(24-27(4,5)6,25-28(7,8)9)14-18-17(22)21-16-13-11-10-12-15(16)19-20-21;1-17-20(18-2,19-3)8-12-11(16)15-10-7-5-4-6-9(10)13-14-15/h10-13H,14H2,1-9H3,(H,18,22);4-7H,8H2,1-3H3,(H,12,16). The number of aromatic nitrogens is 6. The maximum Gasteiger partial charge on any atom is 0.520 e. The summed E-state index contributed by atoms with van der Waals surface area (Å²) in [5, 5.41) is 21.4. The molecule has 49 heavy (non-hydrogen) atoms. The number of para-hydroxylation sites is 2. The highest BCUT2D eigenvalue weighted by molar-refractivity contribution is 6.90. The van der Waals surface area contributed by atoms with E-state index in [0.717, 1.165) is 0 Å². The Hall–Kier alpha value is -2.98. The molecule has 21 heteroatoms. The summed E-state index contributed by atoms with van der Waals surface area (Å²) in [7, 11) is -7.57. The number of hydrogen-bond donors (Lipinski definition) is 2. The first kappa shape index (κ1) is 40.5. The Morgan fingerprint density at radius 1 is 0.571 bits per heavy atom. The predicted octanol–water partition coefficient (Wildman–Crippen LogP) is 4.43. The largest absolute Gasteiger partial charge is 0.520 e. The van der Waals surface area contributed by atoms with Crippen molar-refractivity contribution in [3.63, 3.8) is 0 Å². The van der Waals surface area contributed by atoms with E-state index in [1.807, 2.05) is 36.4 Å². The molecule has 0 radical (unpaired) electrons. The van der Waals surface area contributed by atoms with Crippen molar-refractivity contribution < 1.29 is 35.2 Å². The van der Waals surface area contributed by atoms with Gasteiger partial charge in [-0.05, 0) is 83.2 Å². The van der Waals surface area contributed by atoms with Gasteiger partial charge >= 0.3 is 29.7 Å². The first-order chi connectivity index (χ1) is 22.7. The molecule has 4 rings (SSSR count). The van der Waals surface area contributed by atoms with Crippen LogP contribution in [-0.2, 0) is 25.6 Å². The summed E-state index contributed by atoms with van der Waals surface area (Å²) < 4.78 is 37.9. The van der Waals surface area contributed by atoms with Crippen LogP contribution in [0.1, 0.15) is 0 Å². The number of nitrogens with zero attached hydrogens (tertiary/aromatic N) is 6. The van der Waals surface area contributed by atoms with Crippen LogP contribution in [0.15, 0.2) is 48.5 Å². The number of amides is 2. The van der Waals surface area contributed by atoms with E-state index in [2.05, 4.69) is 90.2 Å². The molecule has 2 aromatic carbocycles. The highest BCUT2D eigenvalue weighted by Gasteiger charge is 2.50. The third-order valence-corrected chi connectivity index (χ3v) is 20.5. The zero-order chi connectivity index (χ0) is 36.7. The lowest BCUT2D eigenvalue weighted by atomic mass is 10.3. The molecule has 2 amide bonds. The van der Waals surface area contributed by atoms with Crippen molar-refractivity contribution in [3.8, 4) is 0 Å². The maximum absolute atomic E-state index is 12.9. The summed E-state index contributed by atoms with van der Waals surface area (Å²) in [6, 6.07) is 13.8. The van der Waals surface area contributed by atoms with Gasteiger partial charge in [-0.25, -0.2) is 9.59 Å². The topological polar surface area (TPSA) is 175 Å². The van der Waals surface area contributed by atoms with Gasteiger partial charge in [0.05, 0.1) is 23.4 Å². The zero-order valence-electron chi connectivity index (χ0n) is 30.5. The van der Waals surface area contributed by atoms with Crippen LogP contribution in [0.3, 0.4) is 0 Å². The molecule has 2 N–H and O–H groups in total. The molecule has 2 aromatic heterocycles. The van der Waals surface area contributed by atoms with Crippen LogP contribution in [-0.4, -0.2) is 118 Å². The zero-order valence-corrected chi connectivity index (χ0v) is 35.5.